The van der Waals surface area contributed by atoms with E-state index in [9.17, 15) is 9.59 Å². The smallest absolute Gasteiger partial charge is 0.306 e. The Morgan fingerprint density at radius 1 is 1.00 bits per heavy atom. The first-order valence-electron chi connectivity index (χ1n) is 6.20. The topological polar surface area (TPSA) is 57.6 Å². The Morgan fingerprint density at radius 2 is 1.62 bits per heavy atom. The summed E-state index contributed by atoms with van der Waals surface area (Å²) in [7, 11) is 0. The average Bonchev–Trinajstić information content (AvgIpc) is 2.78. The summed E-state index contributed by atoms with van der Waals surface area (Å²) in [6, 6.07) is 0. The minimum Gasteiger partial charge on any atom is -0.481 e. The zero-order chi connectivity index (χ0) is 11.5. The van der Waals surface area contributed by atoms with Crippen molar-refractivity contribution in [2.45, 2.75) is 38.5 Å². The standard InChI is InChI=1S/C12H19NO3/c14-11(13-6-2-1-3-7-13)9-4-5-10(8-9)12(15)16/h9-10H,1-8H2,(H,15,16)/t9-,10-/m1/s1. The van der Waals surface area contributed by atoms with Crippen molar-refractivity contribution < 1.29 is 14.7 Å². The fourth-order valence-corrected chi connectivity index (χ4v) is 2.80. The molecule has 1 aliphatic carbocycles. The van der Waals surface area contributed by atoms with Gasteiger partial charge in [-0.05, 0) is 38.5 Å². The van der Waals surface area contributed by atoms with Crippen molar-refractivity contribution in [1.82, 2.24) is 4.90 Å². The van der Waals surface area contributed by atoms with Gasteiger partial charge in [-0.15, -0.1) is 0 Å². The molecule has 1 amide bonds. The highest BCUT2D eigenvalue weighted by atomic mass is 16.4. The van der Waals surface area contributed by atoms with Gasteiger partial charge in [0.25, 0.3) is 0 Å². The summed E-state index contributed by atoms with van der Waals surface area (Å²) >= 11 is 0. The zero-order valence-electron chi connectivity index (χ0n) is 9.52. The summed E-state index contributed by atoms with van der Waals surface area (Å²) in [6.07, 6.45) is 5.38. The number of carbonyl (C=O) groups is 2. The van der Waals surface area contributed by atoms with Gasteiger partial charge in [-0.1, -0.05) is 0 Å². The van der Waals surface area contributed by atoms with E-state index >= 15 is 0 Å². The molecule has 0 aromatic rings. The lowest BCUT2D eigenvalue weighted by atomic mass is 10.0. The Balaban J connectivity index is 1.88. The lowest BCUT2D eigenvalue weighted by Gasteiger charge is -2.29. The van der Waals surface area contributed by atoms with Crippen molar-refractivity contribution in [3.8, 4) is 0 Å². The zero-order valence-corrected chi connectivity index (χ0v) is 9.52. The van der Waals surface area contributed by atoms with Gasteiger partial charge in [0.05, 0.1) is 5.92 Å². The molecule has 0 spiro atoms. The van der Waals surface area contributed by atoms with Gasteiger partial charge in [-0.2, -0.15) is 0 Å². The molecule has 0 bridgehead atoms. The van der Waals surface area contributed by atoms with E-state index in [1.54, 1.807) is 0 Å². The summed E-state index contributed by atoms with van der Waals surface area (Å²) in [4.78, 5) is 24.9. The molecule has 1 saturated carbocycles. The second kappa shape index (κ2) is 4.85. The number of nitrogens with zero attached hydrogens (tertiary/aromatic N) is 1. The van der Waals surface area contributed by atoms with Crippen LogP contribution >= 0.6 is 0 Å². The second-order valence-electron chi connectivity index (χ2n) is 4.93. The summed E-state index contributed by atoms with van der Waals surface area (Å²) in [5, 5.41) is 8.90. The van der Waals surface area contributed by atoms with Gasteiger partial charge in [0.1, 0.15) is 0 Å². The van der Waals surface area contributed by atoms with Crippen LogP contribution in [0.1, 0.15) is 38.5 Å². The molecule has 0 aromatic heterocycles. The van der Waals surface area contributed by atoms with E-state index in [0.29, 0.717) is 12.8 Å². The largest absolute Gasteiger partial charge is 0.481 e. The van der Waals surface area contributed by atoms with Crippen molar-refractivity contribution in [2.75, 3.05) is 13.1 Å². The van der Waals surface area contributed by atoms with Crippen LogP contribution in [0.3, 0.4) is 0 Å². The number of carbonyl (C=O) groups excluding carboxylic acids is 1. The molecule has 0 aromatic carbocycles. The number of carboxylic acid groups (broad SMARTS) is 1. The molecule has 1 heterocycles. The van der Waals surface area contributed by atoms with Crippen molar-refractivity contribution in [3.05, 3.63) is 0 Å². The van der Waals surface area contributed by atoms with Gasteiger partial charge in [0.15, 0.2) is 0 Å². The molecule has 0 radical (unpaired) electrons. The molecular weight excluding hydrogens is 206 g/mol. The van der Waals surface area contributed by atoms with Crippen molar-refractivity contribution >= 4 is 11.9 Å². The first kappa shape index (κ1) is 11.4. The third kappa shape index (κ3) is 2.36. The predicted molar refractivity (Wildman–Crippen MR) is 58.9 cm³/mol. The molecule has 16 heavy (non-hydrogen) atoms. The van der Waals surface area contributed by atoms with E-state index in [-0.39, 0.29) is 17.7 Å². The third-order valence-corrected chi connectivity index (χ3v) is 3.80. The minimum atomic E-state index is -0.742. The monoisotopic (exact) mass is 225 g/mol. The van der Waals surface area contributed by atoms with E-state index in [4.69, 9.17) is 5.11 Å². The molecule has 90 valence electrons. The normalized spacial score (nSPS) is 30.4. The van der Waals surface area contributed by atoms with Crippen molar-refractivity contribution in [1.29, 1.82) is 0 Å². The van der Waals surface area contributed by atoms with Gasteiger partial charge < -0.3 is 10.0 Å². The first-order chi connectivity index (χ1) is 7.68. The Labute approximate surface area is 95.6 Å². The van der Waals surface area contributed by atoms with Crippen molar-refractivity contribution in [2.24, 2.45) is 11.8 Å². The molecule has 1 N–H and O–H groups in total. The third-order valence-electron chi connectivity index (χ3n) is 3.80. The SMILES string of the molecule is O=C(O)[C@@H]1CC[C@@H](C(=O)N2CCCCC2)C1. The maximum Gasteiger partial charge on any atom is 0.306 e. The highest BCUT2D eigenvalue weighted by Crippen LogP contribution is 2.32. The fourth-order valence-electron chi connectivity index (χ4n) is 2.80. The number of likely N-dealkylation sites (tertiary alicyclic amines) is 1. The van der Waals surface area contributed by atoms with Crippen LogP contribution in [0.2, 0.25) is 0 Å². The molecule has 2 atom stereocenters. The van der Waals surface area contributed by atoms with Crippen LogP contribution in [-0.4, -0.2) is 35.0 Å². The molecule has 1 aliphatic heterocycles. The number of aliphatic carboxylic acids is 1. The molecule has 2 fully saturated rings. The molecule has 4 heteroatoms. The maximum atomic E-state index is 12.1. The molecular formula is C12H19NO3. The van der Waals surface area contributed by atoms with Crippen LogP contribution in [0.15, 0.2) is 0 Å². The molecule has 2 rings (SSSR count). The summed E-state index contributed by atoms with van der Waals surface area (Å²) < 4.78 is 0. The van der Waals surface area contributed by atoms with Gasteiger partial charge in [-0.3, -0.25) is 9.59 Å². The van der Waals surface area contributed by atoms with Gasteiger partial charge >= 0.3 is 5.97 Å². The maximum absolute atomic E-state index is 12.1. The van der Waals surface area contributed by atoms with E-state index < -0.39 is 5.97 Å². The Morgan fingerprint density at radius 3 is 2.19 bits per heavy atom. The lowest BCUT2D eigenvalue weighted by molar-refractivity contribution is -0.141. The van der Waals surface area contributed by atoms with Crippen molar-refractivity contribution in [3.63, 3.8) is 0 Å². The number of hydrogen-bond donors (Lipinski definition) is 1. The second-order valence-corrected chi connectivity index (χ2v) is 4.93. The highest BCUT2D eigenvalue weighted by molar-refractivity contribution is 5.81. The number of hydrogen-bond acceptors (Lipinski definition) is 2. The van der Waals surface area contributed by atoms with Gasteiger partial charge in [0.2, 0.25) is 5.91 Å². The lowest BCUT2D eigenvalue weighted by Crippen LogP contribution is -2.39. The van der Waals surface area contributed by atoms with Crippen LogP contribution < -0.4 is 0 Å². The van der Waals surface area contributed by atoms with Crippen LogP contribution in [0.5, 0.6) is 0 Å². The Bertz CT molecular complexity index is 284. The molecule has 4 nitrogen and oxygen atoms in total. The minimum absolute atomic E-state index is 0.0285. The Kier molecular flexibility index (Phi) is 3.46. The number of amides is 1. The Hall–Kier alpha value is -1.06. The first-order valence-corrected chi connectivity index (χ1v) is 6.20. The highest BCUT2D eigenvalue weighted by Gasteiger charge is 2.35. The van der Waals surface area contributed by atoms with Crippen LogP contribution in [-0.2, 0) is 9.59 Å². The summed E-state index contributed by atoms with van der Waals surface area (Å²) in [5.74, 6) is -0.865. The van der Waals surface area contributed by atoms with Crippen LogP contribution in [0.4, 0.5) is 0 Å². The van der Waals surface area contributed by atoms with E-state index in [0.717, 1.165) is 32.4 Å². The molecule has 1 saturated heterocycles. The number of rotatable bonds is 2. The average molecular weight is 225 g/mol. The molecule has 0 unspecified atom stereocenters. The summed E-state index contributed by atoms with van der Waals surface area (Å²) in [5.41, 5.74) is 0. The molecule has 2 aliphatic rings. The number of piperidine rings is 1. The van der Waals surface area contributed by atoms with Gasteiger partial charge in [0, 0.05) is 19.0 Å². The predicted octanol–water partition coefficient (Wildman–Crippen LogP) is 1.50. The van der Waals surface area contributed by atoms with E-state index in [2.05, 4.69) is 0 Å². The van der Waals surface area contributed by atoms with Crippen LogP contribution in [0, 0.1) is 11.8 Å². The van der Waals surface area contributed by atoms with E-state index in [1.165, 1.54) is 6.42 Å². The number of carboxylic acids is 1. The quantitative estimate of drug-likeness (QED) is 0.774. The fraction of sp³-hybridized carbons (Fsp3) is 0.833. The van der Waals surface area contributed by atoms with E-state index in [1.807, 2.05) is 4.90 Å². The summed E-state index contributed by atoms with van der Waals surface area (Å²) in [6.45, 7) is 1.74. The van der Waals surface area contributed by atoms with Gasteiger partial charge in [-0.25, -0.2) is 0 Å². The van der Waals surface area contributed by atoms with Crippen LogP contribution in [0.25, 0.3) is 0 Å².